The van der Waals surface area contributed by atoms with Crippen LogP contribution in [0.25, 0.3) is 0 Å². The monoisotopic (exact) mass is 242 g/mol. The quantitative estimate of drug-likeness (QED) is 0.503. The van der Waals surface area contributed by atoms with Crippen LogP contribution in [0.15, 0.2) is 22.2 Å². The van der Waals surface area contributed by atoms with E-state index in [1.807, 2.05) is 20.8 Å². The third kappa shape index (κ3) is 2.44. The summed E-state index contributed by atoms with van der Waals surface area (Å²) in [5.74, 6) is 0.331. The van der Waals surface area contributed by atoms with Gasteiger partial charge in [-0.05, 0) is 18.9 Å². The molecular formula is C11H15ClN2O2. The molecule has 0 fully saturated rings. The van der Waals surface area contributed by atoms with Crippen LogP contribution >= 0.6 is 11.6 Å². The molecule has 0 saturated heterocycles. The lowest BCUT2D eigenvalue weighted by Crippen LogP contribution is -2.28. The van der Waals surface area contributed by atoms with Gasteiger partial charge in [0.1, 0.15) is 0 Å². The Hall–Kier alpha value is -1.29. The van der Waals surface area contributed by atoms with Crippen LogP contribution in [0, 0.1) is 5.92 Å². The molecule has 0 radical (unpaired) electrons. The first-order chi connectivity index (χ1) is 7.49. The van der Waals surface area contributed by atoms with Crippen molar-refractivity contribution in [1.29, 1.82) is 0 Å². The maximum Gasteiger partial charge on any atom is 0.261 e. The van der Waals surface area contributed by atoms with Crippen molar-refractivity contribution in [3.05, 3.63) is 33.2 Å². The Morgan fingerprint density at radius 3 is 2.62 bits per heavy atom. The summed E-state index contributed by atoms with van der Waals surface area (Å²) in [7, 11) is 0. The molecule has 0 aromatic carbocycles. The SMILES string of the molecule is CC(C)[C@H](C)n1ccc(Cl)c(/C=N\O)c1=O. The van der Waals surface area contributed by atoms with Gasteiger partial charge in [-0.15, -0.1) is 0 Å². The Morgan fingerprint density at radius 2 is 2.12 bits per heavy atom. The summed E-state index contributed by atoms with van der Waals surface area (Å²) >= 11 is 5.85. The average molecular weight is 243 g/mol. The Labute approximate surface area is 99.2 Å². The number of halogens is 1. The van der Waals surface area contributed by atoms with Gasteiger partial charge in [0.15, 0.2) is 0 Å². The van der Waals surface area contributed by atoms with Crippen molar-refractivity contribution in [2.45, 2.75) is 26.8 Å². The fourth-order valence-corrected chi connectivity index (χ4v) is 1.55. The summed E-state index contributed by atoms with van der Waals surface area (Å²) in [6, 6.07) is 1.69. The van der Waals surface area contributed by atoms with Gasteiger partial charge in [-0.3, -0.25) is 4.79 Å². The zero-order valence-corrected chi connectivity index (χ0v) is 10.3. The number of rotatable bonds is 3. The van der Waals surface area contributed by atoms with Gasteiger partial charge >= 0.3 is 0 Å². The molecule has 0 unspecified atom stereocenters. The molecule has 1 atom stereocenters. The third-order valence-corrected chi connectivity index (χ3v) is 3.02. The van der Waals surface area contributed by atoms with Gasteiger partial charge in [0.25, 0.3) is 5.56 Å². The van der Waals surface area contributed by atoms with E-state index in [1.165, 1.54) is 0 Å². The highest BCUT2D eigenvalue weighted by atomic mass is 35.5. The van der Waals surface area contributed by atoms with E-state index in [2.05, 4.69) is 5.16 Å². The summed E-state index contributed by atoms with van der Waals surface area (Å²) in [5, 5.41) is 11.6. The van der Waals surface area contributed by atoms with Crippen molar-refractivity contribution in [3.8, 4) is 0 Å². The minimum Gasteiger partial charge on any atom is -0.411 e. The molecule has 1 rings (SSSR count). The zero-order chi connectivity index (χ0) is 12.3. The van der Waals surface area contributed by atoms with Crippen LogP contribution in [0.4, 0.5) is 0 Å². The van der Waals surface area contributed by atoms with Crippen molar-refractivity contribution in [3.63, 3.8) is 0 Å². The summed E-state index contributed by atoms with van der Waals surface area (Å²) in [6.45, 7) is 6.02. The average Bonchev–Trinajstić information content (AvgIpc) is 2.23. The number of aromatic nitrogens is 1. The smallest absolute Gasteiger partial charge is 0.261 e. The molecule has 1 N–H and O–H groups in total. The standard InChI is InChI=1S/C11H15ClN2O2/c1-7(2)8(3)14-5-4-10(12)9(6-13-16)11(14)15/h4-8,16H,1-3H3/b13-6-/t8-/m0/s1. The summed E-state index contributed by atoms with van der Waals surface area (Å²) in [6.07, 6.45) is 2.72. The molecule has 0 saturated carbocycles. The van der Waals surface area contributed by atoms with Crippen molar-refractivity contribution in [1.82, 2.24) is 4.57 Å². The molecule has 0 bridgehead atoms. The van der Waals surface area contributed by atoms with E-state index < -0.39 is 0 Å². The van der Waals surface area contributed by atoms with Crippen LogP contribution in [0.3, 0.4) is 0 Å². The second-order valence-electron chi connectivity index (χ2n) is 4.02. The molecule has 5 heteroatoms. The molecular weight excluding hydrogens is 228 g/mol. The van der Waals surface area contributed by atoms with E-state index in [-0.39, 0.29) is 22.2 Å². The van der Waals surface area contributed by atoms with Crippen molar-refractivity contribution in [2.24, 2.45) is 11.1 Å². The lowest BCUT2D eigenvalue weighted by molar-refractivity contribution is 0.321. The lowest BCUT2D eigenvalue weighted by atomic mass is 10.1. The maximum atomic E-state index is 12.0. The molecule has 0 spiro atoms. The molecule has 1 aromatic rings. The molecule has 0 aliphatic heterocycles. The molecule has 0 aliphatic rings. The fraction of sp³-hybridized carbons (Fsp3) is 0.455. The topological polar surface area (TPSA) is 54.6 Å². The van der Waals surface area contributed by atoms with Crippen LogP contribution in [-0.2, 0) is 0 Å². The van der Waals surface area contributed by atoms with E-state index in [9.17, 15) is 4.79 Å². The van der Waals surface area contributed by atoms with Crippen LogP contribution in [0.1, 0.15) is 32.4 Å². The number of hydrogen-bond donors (Lipinski definition) is 1. The normalized spacial score (nSPS) is 13.6. The van der Waals surface area contributed by atoms with Crippen molar-refractivity contribution >= 4 is 17.8 Å². The van der Waals surface area contributed by atoms with Crippen molar-refractivity contribution in [2.75, 3.05) is 0 Å². The fourth-order valence-electron chi connectivity index (χ4n) is 1.36. The molecule has 1 heterocycles. The first-order valence-electron chi connectivity index (χ1n) is 5.07. The molecule has 1 aromatic heterocycles. The van der Waals surface area contributed by atoms with Gasteiger partial charge in [0.05, 0.1) is 16.8 Å². The molecule has 88 valence electrons. The summed E-state index contributed by atoms with van der Waals surface area (Å²) in [4.78, 5) is 12.0. The first-order valence-corrected chi connectivity index (χ1v) is 5.45. The van der Waals surface area contributed by atoms with Gasteiger partial charge in [-0.1, -0.05) is 30.6 Å². The van der Waals surface area contributed by atoms with Gasteiger partial charge in [0, 0.05) is 12.2 Å². The predicted molar refractivity (Wildman–Crippen MR) is 64.6 cm³/mol. The number of oxime groups is 1. The maximum absolute atomic E-state index is 12.0. The van der Waals surface area contributed by atoms with Crippen LogP contribution in [0.2, 0.25) is 5.02 Å². The van der Waals surface area contributed by atoms with E-state index in [1.54, 1.807) is 16.8 Å². The van der Waals surface area contributed by atoms with Crippen LogP contribution in [-0.4, -0.2) is 16.0 Å². The molecule has 4 nitrogen and oxygen atoms in total. The number of pyridine rings is 1. The summed E-state index contributed by atoms with van der Waals surface area (Å²) in [5.41, 5.74) is -0.0364. The van der Waals surface area contributed by atoms with Crippen LogP contribution in [0.5, 0.6) is 0 Å². The van der Waals surface area contributed by atoms with E-state index in [0.717, 1.165) is 6.21 Å². The summed E-state index contributed by atoms with van der Waals surface area (Å²) < 4.78 is 1.59. The van der Waals surface area contributed by atoms with Crippen LogP contribution < -0.4 is 5.56 Å². The van der Waals surface area contributed by atoms with Gasteiger partial charge in [0.2, 0.25) is 0 Å². The Morgan fingerprint density at radius 1 is 1.50 bits per heavy atom. The van der Waals surface area contributed by atoms with Gasteiger partial charge < -0.3 is 9.77 Å². The highest BCUT2D eigenvalue weighted by molar-refractivity contribution is 6.32. The Balaban J connectivity index is 3.35. The Bertz CT molecular complexity index is 452. The second kappa shape index (κ2) is 5.16. The number of hydrogen-bond acceptors (Lipinski definition) is 3. The number of nitrogens with zero attached hydrogens (tertiary/aromatic N) is 2. The van der Waals surface area contributed by atoms with Gasteiger partial charge in [-0.2, -0.15) is 0 Å². The highest BCUT2D eigenvalue weighted by Crippen LogP contribution is 2.17. The molecule has 0 aliphatic carbocycles. The largest absolute Gasteiger partial charge is 0.411 e. The minimum absolute atomic E-state index is 0.0654. The molecule has 16 heavy (non-hydrogen) atoms. The second-order valence-corrected chi connectivity index (χ2v) is 4.43. The van der Waals surface area contributed by atoms with E-state index >= 15 is 0 Å². The minimum atomic E-state index is -0.244. The lowest BCUT2D eigenvalue weighted by Gasteiger charge is -2.19. The Kier molecular flexibility index (Phi) is 4.12. The van der Waals surface area contributed by atoms with E-state index in [0.29, 0.717) is 5.92 Å². The predicted octanol–water partition coefficient (Wildman–Crippen LogP) is 2.53. The highest BCUT2D eigenvalue weighted by Gasteiger charge is 2.14. The third-order valence-electron chi connectivity index (χ3n) is 2.69. The zero-order valence-electron chi connectivity index (χ0n) is 9.51. The first kappa shape index (κ1) is 12.8. The van der Waals surface area contributed by atoms with Gasteiger partial charge in [-0.25, -0.2) is 0 Å². The van der Waals surface area contributed by atoms with Crippen molar-refractivity contribution < 1.29 is 5.21 Å². The van der Waals surface area contributed by atoms with E-state index in [4.69, 9.17) is 16.8 Å². The molecule has 0 amide bonds.